The van der Waals surface area contributed by atoms with Gasteiger partial charge in [0.25, 0.3) is 0 Å². The number of methoxy groups -OCH3 is 1. The maximum Gasteiger partial charge on any atom is 0.0761 e. The van der Waals surface area contributed by atoms with E-state index >= 15 is 0 Å². The Morgan fingerprint density at radius 1 is 1.35 bits per heavy atom. The number of hydrogen-bond acceptors (Lipinski definition) is 3. The lowest BCUT2D eigenvalue weighted by molar-refractivity contribution is 0.0893. The Morgan fingerprint density at radius 2 is 2.06 bits per heavy atom. The molecule has 0 amide bonds. The molecule has 2 rings (SSSR count). The third kappa shape index (κ3) is 2.99. The Bertz CT molecular complexity index is 348. The molecular weight excluding hydrogens is 214 g/mol. The van der Waals surface area contributed by atoms with Crippen LogP contribution < -0.4 is 4.90 Å². The summed E-state index contributed by atoms with van der Waals surface area (Å²) < 4.78 is 5.42. The first-order chi connectivity index (χ1) is 8.20. The lowest BCUT2D eigenvalue weighted by Crippen LogP contribution is -2.39. The number of hydrogen-bond donors (Lipinski definition) is 1. The molecule has 1 aliphatic rings. The van der Waals surface area contributed by atoms with Crippen molar-refractivity contribution in [2.24, 2.45) is 0 Å². The van der Waals surface area contributed by atoms with Crippen LogP contribution >= 0.6 is 0 Å². The molecule has 0 spiro atoms. The minimum atomic E-state index is -0.392. The summed E-state index contributed by atoms with van der Waals surface area (Å²) in [5.74, 6) is 0. The van der Waals surface area contributed by atoms with Crippen molar-refractivity contribution < 1.29 is 9.84 Å². The number of benzene rings is 1. The molecule has 1 heterocycles. The van der Waals surface area contributed by atoms with Crippen LogP contribution in [0.3, 0.4) is 0 Å². The van der Waals surface area contributed by atoms with Crippen molar-refractivity contribution in [3.63, 3.8) is 0 Å². The van der Waals surface area contributed by atoms with Gasteiger partial charge in [-0.1, -0.05) is 12.1 Å². The fourth-order valence-corrected chi connectivity index (χ4v) is 2.33. The van der Waals surface area contributed by atoms with Gasteiger partial charge >= 0.3 is 0 Å². The third-order valence-electron chi connectivity index (χ3n) is 3.45. The highest BCUT2D eigenvalue weighted by molar-refractivity contribution is 5.48. The zero-order valence-corrected chi connectivity index (χ0v) is 10.6. The summed E-state index contributed by atoms with van der Waals surface area (Å²) in [4.78, 5) is 2.35. The highest BCUT2D eigenvalue weighted by atomic mass is 16.5. The van der Waals surface area contributed by atoms with E-state index in [4.69, 9.17) is 4.74 Å². The van der Waals surface area contributed by atoms with E-state index < -0.39 is 6.10 Å². The van der Waals surface area contributed by atoms with Crippen molar-refractivity contribution in [2.45, 2.75) is 32.0 Å². The molecular formula is C14H21NO2. The molecule has 2 unspecified atom stereocenters. The molecule has 1 fully saturated rings. The first kappa shape index (κ1) is 12.4. The summed E-state index contributed by atoms with van der Waals surface area (Å²) >= 11 is 0. The predicted molar refractivity (Wildman–Crippen MR) is 69.3 cm³/mol. The number of rotatable bonds is 3. The van der Waals surface area contributed by atoms with Crippen LogP contribution in [0.5, 0.6) is 0 Å². The Labute approximate surface area is 103 Å². The zero-order valence-electron chi connectivity index (χ0n) is 10.6. The second-order valence-corrected chi connectivity index (χ2v) is 4.71. The van der Waals surface area contributed by atoms with Gasteiger partial charge in [0.15, 0.2) is 0 Å². The molecule has 0 radical (unpaired) electrons. The highest BCUT2D eigenvalue weighted by Crippen LogP contribution is 2.23. The van der Waals surface area contributed by atoms with E-state index in [2.05, 4.69) is 17.0 Å². The van der Waals surface area contributed by atoms with Gasteiger partial charge in [0.1, 0.15) is 0 Å². The first-order valence-electron chi connectivity index (χ1n) is 6.26. The van der Waals surface area contributed by atoms with Crippen molar-refractivity contribution in [1.29, 1.82) is 0 Å². The lowest BCUT2D eigenvalue weighted by atomic mass is 10.1. The molecule has 1 aromatic rings. The molecule has 1 aliphatic heterocycles. The molecule has 94 valence electrons. The van der Waals surface area contributed by atoms with Crippen molar-refractivity contribution >= 4 is 5.69 Å². The van der Waals surface area contributed by atoms with Crippen LogP contribution in [0.1, 0.15) is 31.4 Å². The number of piperidine rings is 1. The summed E-state index contributed by atoms with van der Waals surface area (Å²) in [6, 6.07) is 8.16. The Kier molecular flexibility index (Phi) is 4.02. The van der Waals surface area contributed by atoms with Gasteiger partial charge in [-0.25, -0.2) is 0 Å². The minimum absolute atomic E-state index is 0.347. The van der Waals surface area contributed by atoms with E-state index in [9.17, 15) is 5.11 Å². The van der Waals surface area contributed by atoms with Gasteiger partial charge in [-0.2, -0.15) is 0 Å². The molecule has 1 aromatic carbocycles. The Balaban J connectivity index is 2.06. The average Bonchev–Trinajstić information content (AvgIpc) is 2.39. The predicted octanol–water partition coefficient (Wildman–Crippen LogP) is 2.36. The summed E-state index contributed by atoms with van der Waals surface area (Å²) in [6.07, 6.45) is 2.28. The fraction of sp³-hybridized carbons (Fsp3) is 0.571. The molecule has 1 N–H and O–H groups in total. The van der Waals surface area contributed by atoms with Crippen molar-refractivity contribution in [3.8, 4) is 0 Å². The normalized spacial score (nSPS) is 22.5. The van der Waals surface area contributed by atoms with E-state index in [1.807, 2.05) is 12.1 Å². The third-order valence-corrected chi connectivity index (χ3v) is 3.45. The summed E-state index contributed by atoms with van der Waals surface area (Å²) in [6.45, 7) is 3.84. The fourth-order valence-electron chi connectivity index (χ4n) is 2.33. The monoisotopic (exact) mass is 235 g/mol. The van der Waals surface area contributed by atoms with E-state index in [0.717, 1.165) is 25.1 Å². The van der Waals surface area contributed by atoms with Gasteiger partial charge < -0.3 is 14.7 Å². The van der Waals surface area contributed by atoms with Gasteiger partial charge in [0, 0.05) is 25.9 Å². The highest BCUT2D eigenvalue weighted by Gasteiger charge is 2.19. The number of nitrogens with zero attached hydrogens (tertiary/aromatic N) is 1. The second kappa shape index (κ2) is 5.52. The zero-order chi connectivity index (χ0) is 12.3. The molecule has 17 heavy (non-hydrogen) atoms. The Morgan fingerprint density at radius 3 is 2.65 bits per heavy atom. The summed E-state index contributed by atoms with van der Waals surface area (Å²) in [5, 5.41) is 9.47. The van der Waals surface area contributed by atoms with Crippen molar-refractivity contribution in [2.75, 3.05) is 25.1 Å². The first-order valence-corrected chi connectivity index (χ1v) is 6.26. The van der Waals surface area contributed by atoms with Crippen LogP contribution in [0.2, 0.25) is 0 Å². The molecule has 3 heteroatoms. The van der Waals surface area contributed by atoms with Gasteiger partial charge in [-0.05, 0) is 37.5 Å². The average molecular weight is 235 g/mol. The smallest absolute Gasteiger partial charge is 0.0761 e. The molecule has 0 saturated carbocycles. The SMILES string of the molecule is COC1CCCN(c2ccc(C(C)O)cc2)C1. The lowest BCUT2D eigenvalue weighted by Gasteiger charge is -2.33. The van der Waals surface area contributed by atoms with Gasteiger partial charge in [-0.3, -0.25) is 0 Å². The number of aliphatic hydroxyl groups is 1. The quantitative estimate of drug-likeness (QED) is 0.873. The van der Waals surface area contributed by atoms with Gasteiger partial charge in [-0.15, -0.1) is 0 Å². The molecule has 1 saturated heterocycles. The molecule has 0 aliphatic carbocycles. The van der Waals surface area contributed by atoms with Crippen LogP contribution in [0, 0.1) is 0 Å². The molecule has 0 aromatic heterocycles. The van der Waals surface area contributed by atoms with Crippen LogP contribution in [0.4, 0.5) is 5.69 Å². The topological polar surface area (TPSA) is 32.7 Å². The number of anilines is 1. The van der Waals surface area contributed by atoms with E-state index in [-0.39, 0.29) is 0 Å². The van der Waals surface area contributed by atoms with Crippen LogP contribution in [-0.2, 0) is 4.74 Å². The molecule has 2 atom stereocenters. The van der Waals surface area contributed by atoms with E-state index in [1.165, 1.54) is 12.1 Å². The largest absolute Gasteiger partial charge is 0.389 e. The minimum Gasteiger partial charge on any atom is -0.389 e. The standard InChI is InChI=1S/C14H21NO2/c1-11(16)12-5-7-13(8-6-12)15-9-3-4-14(10-15)17-2/h5-8,11,14,16H,3-4,9-10H2,1-2H3. The van der Waals surface area contributed by atoms with Gasteiger partial charge in [0.2, 0.25) is 0 Å². The molecule has 3 nitrogen and oxygen atoms in total. The second-order valence-electron chi connectivity index (χ2n) is 4.71. The maximum absolute atomic E-state index is 9.47. The van der Waals surface area contributed by atoms with Crippen LogP contribution in [0.15, 0.2) is 24.3 Å². The summed E-state index contributed by atoms with van der Waals surface area (Å²) in [5.41, 5.74) is 2.19. The van der Waals surface area contributed by atoms with E-state index in [1.54, 1.807) is 14.0 Å². The van der Waals surface area contributed by atoms with Crippen molar-refractivity contribution in [1.82, 2.24) is 0 Å². The van der Waals surface area contributed by atoms with Crippen LogP contribution in [0.25, 0.3) is 0 Å². The van der Waals surface area contributed by atoms with Crippen LogP contribution in [-0.4, -0.2) is 31.4 Å². The van der Waals surface area contributed by atoms with Crippen molar-refractivity contribution in [3.05, 3.63) is 29.8 Å². The van der Waals surface area contributed by atoms with E-state index in [0.29, 0.717) is 6.10 Å². The molecule has 0 bridgehead atoms. The van der Waals surface area contributed by atoms with Gasteiger partial charge in [0.05, 0.1) is 12.2 Å². The maximum atomic E-state index is 9.47. The number of aliphatic hydroxyl groups excluding tert-OH is 1. The Hall–Kier alpha value is -1.06. The number of ether oxygens (including phenoxy) is 1. The summed E-state index contributed by atoms with van der Waals surface area (Å²) in [7, 11) is 1.78.